The van der Waals surface area contributed by atoms with Crippen molar-refractivity contribution in [3.05, 3.63) is 72.3 Å². The third kappa shape index (κ3) is 1.95. The second kappa shape index (κ2) is 5.33. The van der Waals surface area contributed by atoms with Crippen molar-refractivity contribution in [1.82, 2.24) is 4.98 Å². The number of nitrogens with one attached hydrogen (secondary N) is 1. The molecule has 0 radical (unpaired) electrons. The number of hydrogen-bond acceptors (Lipinski definition) is 1. The molecule has 0 atom stereocenters. The summed E-state index contributed by atoms with van der Waals surface area (Å²) in [6.45, 7) is 6.05. The Morgan fingerprint density at radius 2 is 1.80 bits per heavy atom. The fourth-order valence-corrected chi connectivity index (χ4v) is 4.96. The van der Waals surface area contributed by atoms with Crippen molar-refractivity contribution in [3.8, 4) is 0 Å². The molecule has 2 aromatic heterocycles. The van der Waals surface area contributed by atoms with Gasteiger partial charge in [0.1, 0.15) is 0 Å². The van der Waals surface area contributed by atoms with Gasteiger partial charge in [-0.1, -0.05) is 55.1 Å². The van der Waals surface area contributed by atoms with Gasteiger partial charge < -0.3 is 4.98 Å². The standard InChI is InChI=1S/C23H17NS/c1-3-7-15-14(4-2)10-12-18-21(15)17-11-13-20-22(23(17)24-18)16-8-5-6-9-19(16)25-20/h3-13,24H,2H2,1H3/b7-3-. The first-order valence-electron chi connectivity index (χ1n) is 8.45. The molecule has 0 aliphatic carbocycles. The summed E-state index contributed by atoms with van der Waals surface area (Å²) in [6, 6.07) is 17.5. The summed E-state index contributed by atoms with van der Waals surface area (Å²) < 4.78 is 2.67. The van der Waals surface area contributed by atoms with Crippen LogP contribution in [0.1, 0.15) is 18.1 Å². The number of benzene rings is 3. The Kier molecular flexibility index (Phi) is 3.09. The second-order valence-electron chi connectivity index (χ2n) is 6.28. The first-order chi connectivity index (χ1) is 12.3. The maximum atomic E-state index is 3.99. The first kappa shape index (κ1) is 14.5. The van der Waals surface area contributed by atoms with Crippen LogP contribution in [0.4, 0.5) is 0 Å². The summed E-state index contributed by atoms with van der Waals surface area (Å²) in [5.41, 5.74) is 4.82. The molecule has 0 fully saturated rings. The van der Waals surface area contributed by atoms with Crippen LogP contribution in [0.25, 0.3) is 54.1 Å². The van der Waals surface area contributed by atoms with E-state index in [1.54, 1.807) is 0 Å². The molecule has 0 saturated carbocycles. The SMILES string of the molecule is C=Cc1ccc2[nH]c3c(ccc4sc5ccccc5c43)c2c1/C=C\C. The Morgan fingerprint density at radius 3 is 2.64 bits per heavy atom. The summed E-state index contributed by atoms with van der Waals surface area (Å²) in [7, 11) is 0. The quantitative estimate of drug-likeness (QED) is 0.346. The molecule has 1 N–H and O–H groups in total. The summed E-state index contributed by atoms with van der Waals surface area (Å²) in [4.78, 5) is 3.69. The highest BCUT2D eigenvalue weighted by Gasteiger charge is 2.15. The van der Waals surface area contributed by atoms with E-state index in [1.807, 2.05) is 17.4 Å². The molecule has 0 amide bonds. The molecule has 5 rings (SSSR count). The minimum absolute atomic E-state index is 1.17. The van der Waals surface area contributed by atoms with Gasteiger partial charge in [-0.3, -0.25) is 0 Å². The van der Waals surface area contributed by atoms with E-state index in [0.717, 1.165) is 0 Å². The van der Waals surface area contributed by atoms with Crippen molar-refractivity contribution in [3.63, 3.8) is 0 Å². The lowest BCUT2D eigenvalue weighted by Crippen LogP contribution is -1.82. The number of aromatic nitrogens is 1. The summed E-state index contributed by atoms with van der Waals surface area (Å²) in [5, 5.41) is 5.22. The lowest BCUT2D eigenvalue weighted by Gasteiger charge is -2.04. The predicted octanol–water partition coefficient (Wildman–Crippen LogP) is 7.37. The molecule has 25 heavy (non-hydrogen) atoms. The zero-order valence-corrected chi connectivity index (χ0v) is 14.8. The number of rotatable bonds is 2. The van der Waals surface area contributed by atoms with Crippen LogP contribution < -0.4 is 0 Å². The molecule has 0 spiro atoms. The van der Waals surface area contributed by atoms with E-state index in [4.69, 9.17) is 0 Å². The molecule has 1 nitrogen and oxygen atoms in total. The maximum Gasteiger partial charge on any atom is 0.0559 e. The van der Waals surface area contributed by atoms with E-state index in [0.29, 0.717) is 0 Å². The topological polar surface area (TPSA) is 15.8 Å². The van der Waals surface area contributed by atoms with Gasteiger partial charge in [-0.25, -0.2) is 0 Å². The third-order valence-corrected chi connectivity index (χ3v) is 6.04. The molecule has 5 aromatic rings. The van der Waals surface area contributed by atoms with E-state index in [2.05, 4.69) is 79.2 Å². The average Bonchev–Trinajstić information content (AvgIpc) is 3.19. The van der Waals surface area contributed by atoms with Crippen LogP contribution in [0.5, 0.6) is 0 Å². The van der Waals surface area contributed by atoms with Crippen molar-refractivity contribution < 1.29 is 0 Å². The van der Waals surface area contributed by atoms with E-state index in [1.165, 1.54) is 53.1 Å². The molecule has 0 saturated heterocycles. The van der Waals surface area contributed by atoms with Gasteiger partial charge in [0.2, 0.25) is 0 Å². The zero-order chi connectivity index (χ0) is 17.0. The van der Waals surface area contributed by atoms with Crippen LogP contribution in [-0.4, -0.2) is 4.98 Å². The number of H-pyrrole nitrogens is 1. The van der Waals surface area contributed by atoms with Crippen molar-refractivity contribution >= 4 is 65.5 Å². The number of thiophene rings is 1. The molecule has 0 unspecified atom stereocenters. The highest BCUT2D eigenvalue weighted by Crippen LogP contribution is 2.41. The Bertz CT molecular complexity index is 1310. The molecule has 2 heteroatoms. The number of fused-ring (bicyclic) bond motifs is 7. The molecule has 120 valence electrons. The highest BCUT2D eigenvalue weighted by molar-refractivity contribution is 7.26. The van der Waals surface area contributed by atoms with Gasteiger partial charge in [0.25, 0.3) is 0 Å². The van der Waals surface area contributed by atoms with Gasteiger partial charge >= 0.3 is 0 Å². The average molecular weight is 339 g/mol. The van der Waals surface area contributed by atoms with Crippen LogP contribution in [-0.2, 0) is 0 Å². The van der Waals surface area contributed by atoms with Gasteiger partial charge in [0.15, 0.2) is 0 Å². The smallest absolute Gasteiger partial charge is 0.0559 e. The van der Waals surface area contributed by atoms with E-state index < -0.39 is 0 Å². The largest absolute Gasteiger partial charge is 0.354 e. The van der Waals surface area contributed by atoms with Crippen molar-refractivity contribution in [2.24, 2.45) is 0 Å². The van der Waals surface area contributed by atoms with Crippen molar-refractivity contribution in [1.29, 1.82) is 0 Å². The van der Waals surface area contributed by atoms with Crippen molar-refractivity contribution in [2.45, 2.75) is 6.92 Å². The Morgan fingerprint density at radius 1 is 0.920 bits per heavy atom. The van der Waals surface area contributed by atoms with Gasteiger partial charge in [0, 0.05) is 36.5 Å². The molecular formula is C23H17NS. The van der Waals surface area contributed by atoms with Crippen LogP contribution in [0.2, 0.25) is 0 Å². The maximum absolute atomic E-state index is 3.99. The molecule has 0 bridgehead atoms. The van der Waals surface area contributed by atoms with Crippen molar-refractivity contribution in [2.75, 3.05) is 0 Å². The highest BCUT2D eigenvalue weighted by atomic mass is 32.1. The monoisotopic (exact) mass is 339 g/mol. The van der Waals surface area contributed by atoms with Gasteiger partial charge in [-0.05, 0) is 36.2 Å². The minimum Gasteiger partial charge on any atom is -0.354 e. The first-order valence-corrected chi connectivity index (χ1v) is 9.27. The lowest BCUT2D eigenvalue weighted by atomic mass is 9.99. The fraction of sp³-hybridized carbons (Fsp3) is 0.0435. The van der Waals surface area contributed by atoms with Gasteiger partial charge in [-0.15, -0.1) is 11.3 Å². The van der Waals surface area contributed by atoms with Crippen LogP contribution in [0.3, 0.4) is 0 Å². The van der Waals surface area contributed by atoms with E-state index >= 15 is 0 Å². The third-order valence-electron chi connectivity index (χ3n) is 4.90. The number of hydrogen-bond donors (Lipinski definition) is 1. The number of allylic oxidation sites excluding steroid dienone is 1. The Hall–Kier alpha value is -2.84. The van der Waals surface area contributed by atoms with Gasteiger partial charge in [0.05, 0.1) is 5.52 Å². The Labute approximate surface area is 149 Å². The minimum atomic E-state index is 1.17. The zero-order valence-electron chi connectivity index (χ0n) is 14.0. The van der Waals surface area contributed by atoms with E-state index in [9.17, 15) is 0 Å². The van der Waals surface area contributed by atoms with Crippen LogP contribution >= 0.6 is 11.3 Å². The lowest BCUT2D eigenvalue weighted by molar-refractivity contribution is 1.56. The van der Waals surface area contributed by atoms with Crippen LogP contribution in [0, 0.1) is 0 Å². The molecular weight excluding hydrogens is 322 g/mol. The number of aromatic amines is 1. The van der Waals surface area contributed by atoms with Gasteiger partial charge in [-0.2, -0.15) is 0 Å². The van der Waals surface area contributed by atoms with Crippen LogP contribution in [0.15, 0.2) is 61.2 Å². The fourth-order valence-electron chi connectivity index (χ4n) is 3.84. The summed E-state index contributed by atoms with van der Waals surface area (Å²) in [6.07, 6.45) is 6.22. The predicted molar refractivity (Wildman–Crippen MR) is 113 cm³/mol. The normalized spacial score (nSPS) is 12.2. The molecule has 0 aliphatic rings. The molecule has 0 aliphatic heterocycles. The molecule has 2 heterocycles. The summed E-state index contributed by atoms with van der Waals surface area (Å²) in [5.74, 6) is 0. The Balaban J connectivity index is 2.05. The molecule has 3 aromatic carbocycles. The summed E-state index contributed by atoms with van der Waals surface area (Å²) >= 11 is 1.86. The van der Waals surface area contributed by atoms with E-state index in [-0.39, 0.29) is 0 Å². The second-order valence-corrected chi connectivity index (χ2v) is 7.36.